The molecule has 5 heteroatoms. The summed E-state index contributed by atoms with van der Waals surface area (Å²) >= 11 is 0. The Balaban J connectivity index is 2.06. The van der Waals surface area contributed by atoms with E-state index < -0.39 is 0 Å². The van der Waals surface area contributed by atoms with Crippen LogP contribution < -0.4 is 11.1 Å². The molecule has 0 aliphatic heterocycles. The zero-order valence-corrected chi connectivity index (χ0v) is 10.5. The molecule has 0 aliphatic carbocycles. The number of carbonyl (C=O) groups is 1. The summed E-state index contributed by atoms with van der Waals surface area (Å²) in [5, 5.41) is 6.82. The number of aryl methyl sites for hydroxylation is 1. The van der Waals surface area contributed by atoms with Crippen molar-refractivity contribution in [3.05, 3.63) is 47.3 Å². The Kier molecular flexibility index (Phi) is 3.32. The SMILES string of the molecule is Cc1c(N)cccc1CNC(=O)c1ccnn1C. The van der Waals surface area contributed by atoms with Crippen molar-refractivity contribution in [1.82, 2.24) is 15.1 Å². The van der Waals surface area contributed by atoms with Crippen LogP contribution in [0.1, 0.15) is 21.6 Å². The van der Waals surface area contributed by atoms with E-state index >= 15 is 0 Å². The Labute approximate surface area is 106 Å². The number of rotatable bonds is 3. The molecule has 1 aromatic carbocycles. The van der Waals surface area contributed by atoms with Crippen LogP contribution in [0.15, 0.2) is 30.5 Å². The van der Waals surface area contributed by atoms with Gasteiger partial charge in [0.15, 0.2) is 0 Å². The maximum Gasteiger partial charge on any atom is 0.269 e. The molecule has 5 nitrogen and oxygen atoms in total. The number of benzene rings is 1. The van der Waals surface area contributed by atoms with E-state index in [0.717, 1.165) is 16.8 Å². The highest BCUT2D eigenvalue weighted by Gasteiger charge is 2.10. The van der Waals surface area contributed by atoms with Gasteiger partial charge in [0.25, 0.3) is 5.91 Å². The highest BCUT2D eigenvalue weighted by molar-refractivity contribution is 5.92. The fourth-order valence-electron chi connectivity index (χ4n) is 1.76. The fraction of sp³-hybridized carbons (Fsp3) is 0.231. The minimum atomic E-state index is -0.142. The van der Waals surface area contributed by atoms with Crippen LogP contribution in [0.4, 0.5) is 5.69 Å². The average Bonchev–Trinajstić information content (AvgIpc) is 2.77. The average molecular weight is 244 g/mol. The first-order valence-corrected chi connectivity index (χ1v) is 5.69. The Morgan fingerprint density at radius 3 is 2.89 bits per heavy atom. The van der Waals surface area contributed by atoms with Crippen molar-refractivity contribution < 1.29 is 4.79 Å². The fourth-order valence-corrected chi connectivity index (χ4v) is 1.76. The van der Waals surface area contributed by atoms with E-state index in [0.29, 0.717) is 12.2 Å². The van der Waals surface area contributed by atoms with E-state index in [4.69, 9.17) is 5.73 Å². The molecular weight excluding hydrogens is 228 g/mol. The van der Waals surface area contributed by atoms with Crippen LogP contribution in [0.3, 0.4) is 0 Å². The molecule has 0 saturated carbocycles. The Hall–Kier alpha value is -2.30. The van der Waals surface area contributed by atoms with E-state index in [2.05, 4.69) is 10.4 Å². The van der Waals surface area contributed by atoms with Gasteiger partial charge in [-0.05, 0) is 30.2 Å². The van der Waals surface area contributed by atoms with Gasteiger partial charge in [0.2, 0.25) is 0 Å². The van der Waals surface area contributed by atoms with Gasteiger partial charge in [0.1, 0.15) is 5.69 Å². The number of hydrogen-bond donors (Lipinski definition) is 2. The molecule has 2 rings (SSSR count). The van der Waals surface area contributed by atoms with Gasteiger partial charge in [-0.2, -0.15) is 5.10 Å². The molecule has 94 valence electrons. The predicted molar refractivity (Wildman–Crippen MR) is 70.0 cm³/mol. The zero-order valence-electron chi connectivity index (χ0n) is 10.5. The van der Waals surface area contributed by atoms with Gasteiger partial charge in [-0.3, -0.25) is 9.48 Å². The molecule has 1 heterocycles. The van der Waals surface area contributed by atoms with Gasteiger partial charge in [0.05, 0.1) is 0 Å². The first-order chi connectivity index (χ1) is 8.59. The summed E-state index contributed by atoms with van der Waals surface area (Å²) in [6, 6.07) is 7.37. The summed E-state index contributed by atoms with van der Waals surface area (Å²) < 4.78 is 1.54. The van der Waals surface area contributed by atoms with E-state index in [9.17, 15) is 4.79 Å². The first-order valence-electron chi connectivity index (χ1n) is 5.69. The van der Waals surface area contributed by atoms with Gasteiger partial charge >= 0.3 is 0 Å². The van der Waals surface area contributed by atoms with Crippen molar-refractivity contribution in [3.8, 4) is 0 Å². The molecule has 0 spiro atoms. The van der Waals surface area contributed by atoms with Crippen molar-refractivity contribution >= 4 is 11.6 Å². The molecule has 0 unspecified atom stereocenters. The lowest BCUT2D eigenvalue weighted by Gasteiger charge is -2.09. The molecule has 0 saturated heterocycles. The molecule has 0 bridgehead atoms. The molecule has 0 aliphatic rings. The minimum Gasteiger partial charge on any atom is -0.399 e. The van der Waals surface area contributed by atoms with E-state index in [1.807, 2.05) is 25.1 Å². The second-order valence-corrected chi connectivity index (χ2v) is 4.15. The topological polar surface area (TPSA) is 72.9 Å². The molecule has 3 N–H and O–H groups in total. The van der Waals surface area contributed by atoms with Gasteiger partial charge in [-0.15, -0.1) is 0 Å². The number of nitrogen functional groups attached to an aromatic ring is 1. The first kappa shape index (κ1) is 12.2. The second-order valence-electron chi connectivity index (χ2n) is 4.15. The third kappa shape index (κ3) is 2.34. The normalized spacial score (nSPS) is 10.3. The van der Waals surface area contributed by atoms with E-state index in [-0.39, 0.29) is 5.91 Å². The molecular formula is C13H16N4O. The van der Waals surface area contributed by atoms with Crippen molar-refractivity contribution in [2.45, 2.75) is 13.5 Å². The molecule has 18 heavy (non-hydrogen) atoms. The summed E-state index contributed by atoms with van der Waals surface area (Å²) in [5.41, 5.74) is 9.12. The Morgan fingerprint density at radius 2 is 2.22 bits per heavy atom. The lowest BCUT2D eigenvalue weighted by atomic mass is 10.1. The maximum absolute atomic E-state index is 11.9. The van der Waals surface area contributed by atoms with Gasteiger partial charge in [-0.1, -0.05) is 12.1 Å². The lowest BCUT2D eigenvalue weighted by molar-refractivity contribution is 0.0941. The predicted octanol–water partition coefficient (Wildman–Crippen LogP) is 1.24. The molecule has 0 atom stereocenters. The highest BCUT2D eigenvalue weighted by atomic mass is 16.2. The summed E-state index contributed by atoms with van der Waals surface area (Å²) in [4.78, 5) is 11.9. The highest BCUT2D eigenvalue weighted by Crippen LogP contribution is 2.15. The minimum absolute atomic E-state index is 0.142. The van der Waals surface area contributed by atoms with Gasteiger partial charge in [0, 0.05) is 25.5 Å². The number of nitrogens with zero attached hydrogens (tertiary/aromatic N) is 2. The molecule has 0 fully saturated rings. The van der Waals surface area contributed by atoms with Crippen LogP contribution in [0.5, 0.6) is 0 Å². The number of hydrogen-bond acceptors (Lipinski definition) is 3. The molecule has 1 aromatic heterocycles. The van der Waals surface area contributed by atoms with Crippen molar-refractivity contribution in [3.63, 3.8) is 0 Å². The number of aromatic nitrogens is 2. The number of amides is 1. The second kappa shape index (κ2) is 4.91. The largest absolute Gasteiger partial charge is 0.399 e. The quantitative estimate of drug-likeness (QED) is 0.798. The lowest BCUT2D eigenvalue weighted by Crippen LogP contribution is -2.25. The number of anilines is 1. The Morgan fingerprint density at radius 1 is 1.44 bits per heavy atom. The van der Waals surface area contributed by atoms with Crippen LogP contribution in [0.2, 0.25) is 0 Å². The molecule has 0 radical (unpaired) electrons. The smallest absolute Gasteiger partial charge is 0.269 e. The van der Waals surface area contributed by atoms with E-state index in [1.165, 1.54) is 0 Å². The van der Waals surface area contributed by atoms with Crippen molar-refractivity contribution in [2.75, 3.05) is 5.73 Å². The monoisotopic (exact) mass is 244 g/mol. The summed E-state index contributed by atoms with van der Waals surface area (Å²) in [7, 11) is 1.74. The number of nitrogens with two attached hydrogens (primary N) is 1. The van der Waals surface area contributed by atoms with Crippen LogP contribution in [0, 0.1) is 6.92 Å². The van der Waals surface area contributed by atoms with E-state index in [1.54, 1.807) is 24.0 Å². The van der Waals surface area contributed by atoms with Crippen LogP contribution >= 0.6 is 0 Å². The maximum atomic E-state index is 11.9. The summed E-state index contributed by atoms with van der Waals surface area (Å²) in [6.07, 6.45) is 1.60. The standard InChI is InChI=1S/C13H16N4O/c1-9-10(4-3-5-11(9)14)8-15-13(18)12-6-7-16-17(12)2/h3-7H,8,14H2,1-2H3,(H,15,18). The molecule has 2 aromatic rings. The zero-order chi connectivity index (χ0) is 13.1. The summed E-state index contributed by atoms with van der Waals surface area (Å²) in [6.45, 7) is 2.40. The third-order valence-corrected chi connectivity index (χ3v) is 2.98. The van der Waals surface area contributed by atoms with Gasteiger partial charge < -0.3 is 11.1 Å². The number of carbonyl (C=O) groups excluding carboxylic acids is 1. The Bertz CT molecular complexity index is 574. The third-order valence-electron chi connectivity index (χ3n) is 2.98. The summed E-state index contributed by atoms with van der Waals surface area (Å²) in [5.74, 6) is -0.142. The van der Waals surface area contributed by atoms with Crippen LogP contribution in [-0.4, -0.2) is 15.7 Å². The number of nitrogens with one attached hydrogen (secondary N) is 1. The van der Waals surface area contributed by atoms with Crippen molar-refractivity contribution in [1.29, 1.82) is 0 Å². The van der Waals surface area contributed by atoms with Crippen molar-refractivity contribution in [2.24, 2.45) is 7.05 Å². The van der Waals surface area contributed by atoms with Crippen LogP contribution in [-0.2, 0) is 13.6 Å². The van der Waals surface area contributed by atoms with Gasteiger partial charge in [-0.25, -0.2) is 0 Å². The van der Waals surface area contributed by atoms with Crippen LogP contribution in [0.25, 0.3) is 0 Å². The molecule has 1 amide bonds.